The van der Waals surface area contributed by atoms with Gasteiger partial charge in [-0.25, -0.2) is 8.42 Å². The lowest BCUT2D eigenvalue weighted by atomic mass is 10.0. The van der Waals surface area contributed by atoms with Crippen molar-refractivity contribution in [2.24, 2.45) is 0 Å². The van der Waals surface area contributed by atoms with Crippen LogP contribution in [0.25, 0.3) is 0 Å². The van der Waals surface area contributed by atoms with Crippen molar-refractivity contribution in [1.82, 2.24) is 10.2 Å². The van der Waals surface area contributed by atoms with Crippen molar-refractivity contribution in [1.29, 1.82) is 0 Å². The van der Waals surface area contributed by atoms with Crippen LogP contribution in [-0.2, 0) is 10.0 Å². The lowest BCUT2D eigenvalue weighted by Crippen LogP contribution is -2.37. The standard InChI is InChI=1S/C27H31N3O4S/c1-20-9-13-22(14-10-20)29-35(32,33)23-15-11-21(12-16-23)27(31)28-19-25(30-17-5-6-18-30)24-7-3-4-8-26(24)34-2/h3-4,7-16,25,29H,5-6,17-19H2,1-2H3,(H,28,31). The van der Waals surface area contributed by atoms with Crippen LogP contribution in [0.5, 0.6) is 5.75 Å². The third-order valence-electron chi connectivity index (χ3n) is 6.27. The number of amides is 1. The van der Waals surface area contributed by atoms with E-state index in [0.717, 1.165) is 42.8 Å². The number of nitrogens with zero attached hydrogens (tertiary/aromatic N) is 1. The molecule has 1 amide bonds. The van der Waals surface area contributed by atoms with Gasteiger partial charge in [-0.2, -0.15) is 0 Å². The average Bonchev–Trinajstić information content (AvgIpc) is 3.40. The summed E-state index contributed by atoms with van der Waals surface area (Å²) in [7, 11) is -2.10. The molecule has 0 aliphatic carbocycles. The van der Waals surface area contributed by atoms with Crippen molar-refractivity contribution in [3.05, 3.63) is 89.5 Å². The second-order valence-electron chi connectivity index (χ2n) is 8.71. The van der Waals surface area contributed by atoms with E-state index in [1.807, 2.05) is 43.3 Å². The number of carbonyl (C=O) groups excluding carboxylic acids is 1. The van der Waals surface area contributed by atoms with Gasteiger partial charge in [-0.15, -0.1) is 0 Å². The lowest BCUT2D eigenvalue weighted by Gasteiger charge is -2.29. The van der Waals surface area contributed by atoms with Crippen molar-refractivity contribution in [2.75, 3.05) is 31.5 Å². The van der Waals surface area contributed by atoms with E-state index in [1.165, 1.54) is 24.3 Å². The van der Waals surface area contributed by atoms with Gasteiger partial charge in [0.1, 0.15) is 5.75 Å². The number of nitrogens with one attached hydrogen (secondary N) is 2. The Hall–Kier alpha value is -3.36. The molecule has 0 saturated carbocycles. The molecule has 1 fully saturated rings. The topological polar surface area (TPSA) is 87.7 Å². The summed E-state index contributed by atoms with van der Waals surface area (Å²) in [6, 6.07) is 21.0. The summed E-state index contributed by atoms with van der Waals surface area (Å²) in [5.74, 6) is 0.550. The van der Waals surface area contributed by atoms with Crippen LogP contribution in [0.15, 0.2) is 77.7 Å². The predicted molar refractivity (Wildman–Crippen MR) is 137 cm³/mol. The molecule has 184 valence electrons. The van der Waals surface area contributed by atoms with Crippen molar-refractivity contribution in [3.8, 4) is 5.75 Å². The molecule has 1 atom stereocenters. The molecule has 4 rings (SSSR count). The van der Waals surface area contributed by atoms with Gasteiger partial charge in [0.05, 0.1) is 18.0 Å². The van der Waals surface area contributed by atoms with E-state index < -0.39 is 10.0 Å². The van der Waals surface area contributed by atoms with Crippen LogP contribution in [0.4, 0.5) is 5.69 Å². The molecule has 0 radical (unpaired) electrons. The number of sulfonamides is 1. The largest absolute Gasteiger partial charge is 0.496 e. The highest BCUT2D eigenvalue weighted by atomic mass is 32.2. The second kappa shape index (κ2) is 10.9. The molecule has 0 aromatic heterocycles. The third-order valence-corrected chi connectivity index (χ3v) is 7.66. The monoisotopic (exact) mass is 493 g/mol. The SMILES string of the molecule is COc1ccccc1C(CNC(=O)c1ccc(S(=O)(=O)Nc2ccc(C)cc2)cc1)N1CCCC1. The van der Waals surface area contributed by atoms with Crippen LogP contribution >= 0.6 is 0 Å². The first-order valence-corrected chi connectivity index (χ1v) is 13.2. The van der Waals surface area contributed by atoms with E-state index in [9.17, 15) is 13.2 Å². The minimum atomic E-state index is -3.75. The van der Waals surface area contributed by atoms with Gasteiger partial charge in [-0.1, -0.05) is 35.9 Å². The third kappa shape index (κ3) is 6.01. The van der Waals surface area contributed by atoms with E-state index >= 15 is 0 Å². The fourth-order valence-corrected chi connectivity index (χ4v) is 5.40. The van der Waals surface area contributed by atoms with Crippen LogP contribution < -0.4 is 14.8 Å². The lowest BCUT2D eigenvalue weighted by molar-refractivity contribution is 0.0937. The summed E-state index contributed by atoms with van der Waals surface area (Å²) >= 11 is 0. The smallest absolute Gasteiger partial charge is 0.261 e. The van der Waals surface area contributed by atoms with Crippen LogP contribution in [0.3, 0.4) is 0 Å². The van der Waals surface area contributed by atoms with Gasteiger partial charge >= 0.3 is 0 Å². The first kappa shape index (κ1) is 24.8. The van der Waals surface area contributed by atoms with Gasteiger partial charge in [-0.05, 0) is 75.3 Å². The highest BCUT2D eigenvalue weighted by molar-refractivity contribution is 7.92. The zero-order valence-electron chi connectivity index (χ0n) is 20.0. The van der Waals surface area contributed by atoms with Crippen molar-refractivity contribution < 1.29 is 17.9 Å². The summed E-state index contributed by atoms with van der Waals surface area (Å²) in [5.41, 5.74) is 2.98. The van der Waals surface area contributed by atoms with Gasteiger partial charge in [0.25, 0.3) is 15.9 Å². The highest BCUT2D eigenvalue weighted by Crippen LogP contribution is 2.31. The summed E-state index contributed by atoms with van der Waals surface area (Å²) in [6.07, 6.45) is 2.26. The number of para-hydroxylation sites is 1. The zero-order valence-corrected chi connectivity index (χ0v) is 20.8. The second-order valence-corrected chi connectivity index (χ2v) is 10.4. The molecule has 8 heteroatoms. The van der Waals surface area contributed by atoms with Crippen molar-refractivity contribution in [2.45, 2.75) is 30.7 Å². The van der Waals surface area contributed by atoms with E-state index in [-0.39, 0.29) is 16.8 Å². The minimum absolute atomic E-state index is 0.00374. The first-order valence-electron chi connectivity index (χ1n) is 11.7. The number of carbonyl (C=O) groups is 1. The Morgan fingerprint density at radius 1 is 0.971 bits per heavy atom. The van der Waals surface area contributed by atoms with E-state index in [2.05, 4.69) is 14.9 Å². The Bertz CT molecular complexity index is 1250. The number of benzene rings is 3. The molecule has 1 aliphatic rings. The molecular formula is C27H31N3O4S. The molecule has 2 N–H and O–H groups in total. The number of hydrogen-bond acceptors (Lipinski definition) is 5. The quantitative estimate of drug-likeness (QED) is 0.462. The molecule has 0 spiro atoms. The fraction of sp³-hybridized carbons (Fsp3) is 0.296. The Morgan fingerprint density at radius 2 is 1.63 bits per heavy atom. The molecule has 1 saturated heterocycles. The molecule has 1 heterocycles. The van der Waals surface area contributed by atoms with Crippen LogP contribution in [0.1, 0.15) is 40.4 Å². The Kier molecular flexibility index (Phi) is 7.73. The average molecular weight is 494 g/mol. The fourth-order valence-electron chi connectivity index (χ4n) is 4.34. The molecule has 3 aromatic rings. The van der Waals surface area contributed by atoms with Crippen LogP contribution in [-0.4, -0.2) is 46.0 Å². The molecule has 35 heavy (non-hydrogen) atoms. The highest BCUT2D eigenvalue weighted by Gasteiger charge is 2.26. The number of hydrogen-bond donors (Lipinski definition) is 2. The molecular weight excluding hydrogens is 462 g/mol. The maximum Gasteiger partial charge on any atom is 0.261 e. The van der Waals surface area contributed by atoms with Crippen LogP contribution in [0, 0.1) is 6.92 Å². The molecule has 7 nitrogen and oxygen atoms in total. The van der Waals surface area contributed by atoms with Crippen molar-refractivity contribution in [3.63, 3.8) is 0 Å². The maximum absolute atomic E-state index is 12.9. The van der Waals surface area contributed by atoms with Gasteiger partial charge in [0.15, 0.2) is 0 Å². The summed E-state index contributed by atoms with van der Waals surface area (Å²) in [4.78, 5) is 15.4. The molecule has 1 unspecified atom stereocenters. The van der Waals surface area contributed by atoms with Gasteiger partial charge in [-0.3, -0.25) is 14.4 Å². The van der Waals surface area contributed by atoms with Gasteiger partial charge in [0.2, 0.25) is 0 Å². The Morgan fingerprint density at radius 3 is 2.29 bits per heavy atom. The van der Waals surface area contributed by atoms with Gasteiger partial charge in [0, 0.05) is 23.4 Å². The number of aryl methyl sites for hydroxylation is 1. The zero-order chi connectivity index (χ0) is 24.8. The molecule has 3 aromatic carbocycles. The number of ether oxygens (including phenoxy) is 1. The summed E-state index contributed by atoms with van der Waals surface area (Å²) in [6.45, 7) is 4.30. The number of methoxy groups -OCH3 is 1. The first-order chi connectivity index (χ1) is 16.9. The number of anilines is 1. The maximum atomic E-state index is 12.9. The van der Waals surface area contributed by atoms with E-state index in [4.69, 9.17) is 4.74 Å². The Balaban J connectivity index is 1.44. The van der Waals surface area contributed by atoms with E-state index in [0.29, 0.717) is 17.8 Å². The molecule has 1 aliphatic heterocycles. The van der Waals surface area contributed by atoms with Gasteiger partial charge < -0.3 is 10.1 Å². The number of rotatable bonds is 9. The summed E-state index contributed by atoms with van der Waals surface area (Å²) in [5, 5.41) is 3.03. The molecule has 0 bridgehead atoms. The number of likely N-dealkylation sites (tertiary alicyclic amines) is 1. The van der Waals surface area contributed by atoms with Crippen LogP contribution in [0.2, 0.25) is 0 Å². The normalized spacial score (nSPS) is 14.9. The van der Waals surface area contributed by atoms with Crippen molar-refractivity contribution >= 4 is 21.6 Å². The summed E-state index contributed by atoms with van der Waals surface area (Å²) < 4.78 is 33.6. The van der Waals surface area contributed by atoms with E-state index in [1.54, 1.807) is 19.2 Å². The predicted octanol–water partition coefficient (Wildman–Crippen LogP) is 4.37. The Labute approximate surface area is 207 Å². The minimum Gasteiger partial charge on any atom is -0.496 e.